The standard InChI is InChI=1S/C51H35NS/c1-32-38-26-24-34(35-25-27-48-45(29-35)40-19-10-12-22-47(40)52(48)37-16-6-3-7-17-37)28-44(38)39-18-8-9-21-42(39)50(32)36-30-43(33-14-4-2-5-15-33)51-46(31-36)41-20-11-13-23-49(41)53-51/h2-32,50H,1H3. The van der Waals surface area contributed by atoms with E-state index in [9.17, 15) is 0 Å². The Morgan fingerprint density at radius 2 is 1.11 bits per heavy atom. The summed E-state index contributed by atoms with van der Waals surface area (Å²) in [6.07, 6.45) is 0. The van der Waals surface area contributed by atoms with E-state index in [1.54, 1.807) is 0 Å². The van der Waals surface area contributed by atoms with Crippen LogP contribution >= 0.6 is 11.3 Å². The average Bonchev–Trinajstić information content (AvgIpc) is 3.77. The molecule has 250 valence electrons. The van der Waals surface area contributed by atoms with Gasteiger partial charge in [-0.05, 0) is 111 Å². The van der Waals surface area contributed by atoms with Gasteiger partial charge in [0, 0.05) is 42.6 Å². The lowest BCUT2D eigenvalue weighted by atomic mass is 9.69. The monoisotopic (exact) mass is 693 g/mol. The van der Waals surface area contributed by atoms with Crippen molar-refractivity contribution in [1.82, 2.24) is 4.57 Å². The van der Waals surface area contributed by atoms with Crippen LogP contribution < -0.4 is 0 Å². The van der Waals surface area contributed by atoms with Gasteiger partial charge in [0.05, 0.1) is 11.0 Å². The fraction of sp³-hybridized carbons (Fsp3) is 0.0588. The minimum absolute atomic E-state index is 0.232. The average molecular weight is 694 g/mol. The number of rotatable bonds is 4. The molecule has 8 aromatic carbocycles. The summed E-state index contributed by atoms with van der Waals surface area (Å²) in [5.74, 6) is 0.529. The van der Waals surface area contributed by atoms with Crippen molar-refractivity contribution in [2.45, 2.75) is 18.8 Å². The largest absolute Gasteiger partial charge is 0.309 e. The summed E-state index contributed by atoms with van der Waals surface area (Å²) in [4.78, 5) is 0. The van der Waals surface area contributed by atoms with Crippen molar-refractivity contribution in [2.75, 3.05) is 0 Å². The number of hydrogen-bond acceptors (Lipinski definition) is 1. The third-order valence-corrected chi connectivity index (χ3v) is 12.8. The fourth-order valence-corrected chi connectivity index (χ4v) is 10.4. The third-order valence-electron chi connectivity index (χ3n) is 11.6. The molecule has 2 unspecified atom stereocenters. The van der Waals surface area contributed by atoms with Crippen molar-refractivity contribution in [3.8, 4) is 39.1 Å². The lowest BCUT2D eigenvalue weighted by Gasteiger charge is -2.34. The number of hydrogen-bond donors (Lipinski definition) is 0. The summed E-state index contributed by atoms with van der Waals surface area (Å²) in [5, 5.41) is 5.26. The van der Waals surface area contributed by atoms with Crippen LogP contribution in [0.15, 0.2) is 182 Å². The van der Waals surface area contributed by atoms with Gasteiger partial charge < -0.3 is 4.57 Å². The predicted molar refractivity (Wildman–Crippen MR) is 227 cm³/mol. The van der Waals surface area contributed by atoms with Gasteiger partial charge in [-0.15, -0.1) is 11.3 Å². The summed E-state index contributed by atoms with van der Waals surface area (Å²) < 4.78 is 5.10. The molecule has 0 saturated carbocycles. The Kier molecular flexibility index (Phi) is 6.84. The molecule has 2 heterocycles. The third kappa shape index (κ3) is 4.69. The predicted octanol–water partition coefficient (Wildman–Crippen LogP) is 14.4. The van der Waals surface area contributed by atoms with Gasteiger partial charge in [0.1, 0.15) is 0 Å². The van der Waals surface area contributed by atoms with E-state index in [1.165, 1.54) is 97.7 Å². The van der Waals surface area contributed by atoms with Crippen LogP contribution in [-0.4, -0.2) is 4.57 Å². The molecule has 10 aromatic rings. The smallest absolute Gasteiger partial charge is 0.0541 e. The topological polar surface area (TPSA) is 4.93 Å². The quantitative estimate of drug-likeness (QED) is 0.173. The van der Waals surface area contributed by atoms with Crippen LogP contribution in [0, 0.1) is 0 Å². The SMILES string of the molecule is CC1c2ccc(-c3ccc4c(c3)c3ccccc3n4-c3ccccc3)cc2-c2ccccc2C1c1cc(-c2ccccc2)c2sc3ccccc3c2c1. The molecule has 0 amide bonds. The normalized spacial score (nSPS) is 15.3. The summed E-state index contributed by atoms with van der Waals surface area (Å²) in [6.45, 7) is 2.43. The molecule has 0 N–H and O–H groups in total. The Morgan fingerprint density at radius 1 is 0.434 bits per heavy atom. The zero-order chi connectivity index (χ0) is 35.0. The zero-order valence-corrected chi connectivity index (χ0v) is 30.1. The maximum absolute atomic E-state index is 2.50. The van der Waals surface area contributed by atoms with Crippen molar-refractivity contribution in [3.05, 3.63) is 199 Å². The minimum Gasteiger partial charge on any atom is -0.309 e. The van der Waals surface area contributed by atoms with Crippen LogP contribution in [0.4, 0.5) is 0 Å². The molecule has 1 aliphatic carbocycles. The Labute approximate surface area is 313 Å². The van der Waals surface area contributed by atoms with Gasteiger partial charge in [0.25, 0.3) is 0 Å². The summed E-state index contributed by atoms with van der Waals surface area (Å²) in [5.41, 5.74) is 15.6. The molecule has 1 aliphatic rings. The van der Waals surface area contributed by atoms with E-state index in [-0.39, 0.29) is 5.92 Å². The Morgan fingerprint density at radius 3 is 1.98 bits per heavy atom. The van der Waals surface area contributed by atoms with Crippen LogP contribution in [0.1, 0.15) is 35.4 Å². The zero-order valence-electron chi connectivity index (χ0n) is 29.3. The van der Waals surface area contributed by atoms with E-state index in [4.69, 9.17) is 0 Å². The van der Waals surface area contributed by atoms with Crippen LogP contribution in [0.2, 0.25) is 0 Å². The number of nitrogens with zero attached hydrogens (tertiary/aromatic N) is 1. The van der Waals surface area contributed by atoms with Crippen LogP contribution in [-0.2, 0) is 0 Å². The molecule has 0 bridgehead atoms. The lowest BCUT2D eigenvalue weighted by Crippen LogP contribution is -2.17. The molecular weight excluding hydrogens is 659 g/mol. The molecule has 1 nitrogen and oxygen atoms in total. The second-order valence-corrected chi connectivity index (χ2v) is 15.5. The van der Waals surface area contributed by atoms with Crippen LogP contribution in [0.25, 0.3) is 81.0 Å². The van der Waals surface area contributed by atoms with Gasteiger partial charge >= 0.3 is 0 Å². The summed E-state index contributed by atoms with van der Waals surface area (Å²) in [6, 6.07) is 67.6. The molecule has 0 spiro atoms. The first-order valence-corrected chi connectivity index (χ1v) is 19.4. The maximum Gasteiger partial charge on any atom is 0.0541 e. The van der Waals surface area contributed by atoms with Crippen molar-refractivity contribution in [2.24, 2.45) is 0 Å². The van der Waals surface area contributed by atoms with E-state index in [1.807, 2.05) is 11.3 Å². The van der Waals surface area contributed by atoms with Gasteiger partial charge in [-0.25, -0.2) is 0 Å². The first-order valence-electron chi connectivity index (χ1n) is 18.5. The first-order chi connectivity index (χ1) is 26.2. The molecule has 2 aromatic heterocycles. The second-order valence-electron chi connectivity index (χ2n) is 14.5. The van der Waals surface area contributed by atoms with Gasteiger partial charge in [0.15, 0.2) is 0 Å². The molecule has 0 aliphatic heterocycles. The highest BCUT2D eigenvalue weighted by molar-refractivity contribution is 7.26. The van der Waals surface area contributed by atoms with Gasteiger partial charge in [0.2, 0.25) is 0 Å². The fourth-order valence-electron chi connectivity index (χ4n) is 9.17. The number of benzene rings is 8. The molecule has 0 saturated heterocycles. The van der Waals surface area contributed by atoms with Gasteiger partial charge in [-0.3, -0.25) is 0 Å². The minimum atomic E-state index is 0.232. The summed E-state index contributed by atoms with van der Waals surface area (Å²) in [7, 11) is 0. The van der Waals surface area contributed by atoms with E-state index < -0.39 is 0 Å². The van der Waals surface area contributed by atoms with Crippen molar-refractivity contribution < 1.29 is 0 Å². The van der Waals surface area contributed by atoms with Gasteiger partial charge in [-0.2, -0.15) is 0 Å². The summed E-state index contributed by atoms with van der Waals surface area (Å²) >= 11 is 1.91. The molecule has 53 heavy (non-hydrogen) atoms. The van der Waals surface area contributed by atoms with E-state index in [0.717, 1.165) is 0 Å². The molecule has 2 heteroatoms. The number of para-hydroxylation sites is 2. The maximum atomic E-state index is 2.50. The van der Waals surface area contributed by atoms with E-state index >= 15 is 0 Å². The highest BCUT2D eigenvalue weighted by atomic mass is 32.1. The number of thiophene rings is 1. The number of fused-ring (bicyclic) bond motifs is 9. The highest BCUT2D eigenvalue weighted by Gasteiger charge is 2.33. The molecule has 0 fully saturated rings. The second kappa shape index (κ2) is 11.9. The Balaban J connectivity index is 1.06. The Hall–Kier alpha value is -6.22. The molecule has 0 radical (unpaired) electrons. The van der Waals surface area contributed by atoms with Crippen LogP contribution in [0.5, 0.6) is 0 Å². The van der Waals surface area contributed by atoms with Crippen molar-refractivity contribution >= 4 is 53.3 Å². The van der Waals surface area contributed by atoms with Crippen molar-refractivity contribution in [3.63, 3.8) is 0 Å². The number of aromatic nitrogens is 1. The van der Waals surface area contributed by atoms with E-state index in [0.29, 0.717) is 5.92 Å². The molecule has 2 atom stereocenters. The first kappa shape index (κ1) is 30.4. The van der Waals surface area contributed by atoms with E-state index in [2.05, 4.69) is 193 Å². The van der Waals surface area contributed by atoms with Crippen LogP contribution in [0.3, 0.4) is 0 Å². The van der Waals surface area contributed by atoms with Crippen molar-refractivity contribution in [1.29, 1.82) is 0 Å². The molecular formula is C51H35NS. The highest BCUT2D eigenvalue weighted by Crippen LogP contribution is 2.52. The molecule has 11 rings (SSSR count). The van der Waals surface area contributed by atoms with Gasteiger partial charge in [-0.1, -0.05) is 134 Å². The Bertz CT molecular complexity index is 3020. The lowest BCUT2D eigenvalue weighted by molar-refractivity contribution is 0.650.